The van der Waals surface area contributed by atoms with E-state index in [1.807, 2.05) is 0 Å². The first-order valence-electron chi connectivity index (χ1n) is 8.45. The lowest BCUT2D eigenvalue weighted by Gasteiger charge is -2.12. The van der Waals surface area contributed by atoms with E-state index in [-0.39, 0.29) is 28.4 Å². The number of benzene rings is 1. The van der Waals surface area contributed by atoms with Gasteiger partial charge in [-0.3, -0.25) is 19.3 Å². The average Bonchev–Trinajstić information content (AvgIpc) is 3.05. The van der Waals surface area contributed by atoms with Gasteiger partial charge in [-0.15, -0.1) is 0 Å². The molecule has 10 heteroatoms. The molecular formula is C19H14F2N6O2. The molecule has 0 radical (unpaired) electrons. The van der Waals surface area contributed by atoms with E-state index in [9.17, 15) is 18.4 Å². The number of pyridine rings is 2. The summed E-state index contributed by atoms with van der Waals surface area (Å²) in [6.45, 7) is 1.34. The van der Waals surface area contributed by atoms with Crippen molar-refractivity contribution in [1.29, 1.82) is 0 Å². The fraction of sp³-hybridized carbons (Fsp3) is 0.0526. The van der Waals surface area contributed by atoms with E-state index in [4.69, 9.17) is 5.73 Å². The third kappa shape index (κ3) is 3.10. The highest BCUT2D eigenvalue weighted by atomic mass is 19.1. The Morgan fingerprint density at radius 1 is 1.17 bits per heavy atom. The summed E-state index contributed by atoms with van der Waals surface area (Å²) in [5.41, 5.74) is 5.45. The summed E-state index contributed by atoms with van der Waals surface area (Å²) in [5, 5.41) is 9.03. The zero-order chi connectivity index (χ0) is 20.7. The van der Waals surface area contributed by atoms with Gasteiger partial charge in [-0.2, -0.15) is 5.10 Å². The Hall–Kier alpha value is -4.08. The number of nitrogen functional groups attached to an aromatic ring is 1. The molecule has 0 saturated heterocycles. The highest BCUT2D eigenvalue weighted by molar-refractivity contribution is 5.98. The first-order valence-corrected chi connectivity index (χ1v) is 8.45. The maximum atomic E-state index is 14.4. The molecule has 0 bridgehead atoms. The number of nitrogens with two attached hydrogens (primary N) is 1. The van der Waals surface area contributed by atoms with E-state index in [2.05, 4.69) is 20.5 Å². The average molecular weight is 396 g/mol. The number of hydrogen-bond acceptors (Lipinski definition) is 5. The second-order valence-corrected chi connectivity index (χ2v) is 6.24. The van der Waals surface area contributed by atoms with Crippen molar-refractivity contribution in [3.05, 3.63) is 64.6 Å². The number of nitrogens with one attached hydrogen (secondary N) is 2. The van der Waals surface area contributed by atoms with Crippen LogP contribution in [0.5, 0.6) is 0 Å². The Morgan fingerprint density at radius 2 is 1.86 bits per heavy atom. The fourth-order valence-electron chi connectivity index (χ4n) is 3.05. The molecule has 3 aromatic heterocycles. The van der Waals surface area contributed by atoms with Gasteiger partial charge in [0.2, 0.25) is 5.91 Å². The van der Waals surface area contributed by atoms with Crippen LogP contribution in [0.2, 0.25) is 0 Å². The number of para-hydroxylation sites is 1. The van der Waals surface area contributed by atoms with Crippen molar-refractivity contribution in [2.45, 2.75) is 6.92 Å². The van der Waals surface area contributed by atoms with E-state index in [1.54, 1.807) is 18.2 Å². The number of fused-ring (bicyclic) bond motifs is 1. The molecule has 8 nitrogen and oxygen atoms in total. The number of carbonyl (C=O) groups excluding carboxylic acids is 1. The van der Waals surface area contributed by atoms with E-state index < -0.39 is 22.9 Å². The summed E-state index contributed by atoms with van der Waals surface area (Å²) in [6, 6.07) is 8.12. The van der Waals surface area contributed by atoms with Crippen LogP contribution in [-0.2, 0) is 4.79 Å². The van der Waals surface area contributed by atoms with E-state index in [1.165, 1.54) is 19.2 Å². The third-order valence-corrected chi connectivity index (χ3v) is 4.26. The summed E-state index contributed by atoms with van der Waals surface area (Å²) < 4.78 is 29.6. The largest absolute Gasteiger partial charge is 0.382 e. The van der Waals surface area contributed by atoms with Crippen molar-refractivity contribution in [3.8, 4) is 16.9 Å². The van der Waals surface area contributed by atoms with Crippen LogP contribution in [0.15, 0.2) is 47.4 Å². The third-order valence-electron chi connectivity index (χ3n) is 4.26. The first-order chi connectivity index (χ1) is 13.9. The number of halogens is 2. The number of H-pyrrole nitrogens is 1. The number of aromatic amines is 1. The molecule has 146 valence electrons. The van der Waals surface area contributed by atoms with Crippen molar-refractivity contribution < 1.29 is 13.6 Å². The van der Waals surface area contributed by atoms with Gasteiger partial charge in [0.15, 0.2) is 5.82 Å². The van der Waals surface area contributed by atoms with Crippen LogP contribution >= 0.6 is 0 Å². The van der Waals surface area contributed by atoms with Crippen molar-refractivity contribution in [1.82, 2.24) is 19.7 Å². The van der Waals surface area contributed by atoms with Crippen LogP contribution in [0.4, 0.5) is 20.4 Å². The van der Waals surface area contributed by atoms with Crippen molar-refractivity contribution in [2.24, 2.45) is 0 Å². The van der Waals surface area contributed by atoms with Crippen molar-refractivity contribution in [2.75, 3.05) is 11.1 Å². The van der Waals surface area contributed by atoms with Gasteiger partial charge in [0.05, 0.1) is 11.2 Å². The number of carbonyl (C=O) groups is 1. The Labute approximate surface area is 162 Å². The van der Waals surface area contributed by atoms with Crippen molar-refractivity contribution in [3.63, 3.8) is 0 Å². The SMILES string of the molecule is CC(=O)Nc1cccc(-c2cn(-c3c(F)cccc3F)c(=O)c3c(N)n[nH]c23)n1. The molecule has 0 atom stereocenters. The predicted molar refractivity (Wildman–Crippen MR) is 104 cm³/mol. The van der Waals surface area contributed by atoms with Crippen LogP contribution in [0.1, 0.15) is 6.92 Å². The van der Waals surface area contributed by atoms with Crippen LogP contribution in [0.25, 0.3) is 27.8 Å². The standard InChI is InChI=1S/C19H14F2N6O2/c1-9(28)23-14-7-3-6-13(24-14)10-8-27(17-11(20)4-2-5-12(17)21)19(29)15-16(10)25-26-18(15)22/h2-8H,1H3,(H3,22,25,26)(H,23,24,28). The minimum Gasteiger partial charge on any atom is -0.382 e. The molecule has 0 aliphatic carbocycles. The van der Waals surface area contributed by atoms with Crippen molar-refractivity contribution >= 4 is 28.4 Å². The topological polar surface area (TPSA) is 119 Å². The molecule has 4 aromatic rings. The summed E-state index contributed by atoms with van der Waals surface area (Å²) in [5.74, 6) is -2.00. The fourth-order valence-corrected chi connectivity index (χ4v) is 3.05. The Kier molecular flexibility index (Phi) is 4.30. The van der Waals surface area contributed by atoms with Crippen LogP contribution < -0.4 is 16.6 Å². The second kappa shape index (κ2) is 6.82. The van der Waals surface area contributed by atoms with Gasteiger partial charge in [-0.05, 0) is 24.3 Å². The molecule has 4 N–H and O–H groups in total. The van der Waals surface area contributed by atoms with E-state index >= 15 is 0 Å². The molecule has 3 heterocycles. The maximum Gasteiger partial charge on any atom is 0.268 e. The van der Waals surface area contributed by atoms with Crippen LogP contribution in [-0.4, -0.2) is 25.7 Å². The van der Waals surface area contributed by atoms with Gasteiger partial charge in [0.25, 0.3) is 5.56 Å². The van der Waals surface area contributed by atoms with Crippen LogP contribution in [0.3, 0.4) is 0 Å². The van der Waals surface area contributed by atoms with Gasteiger partial charge in [0.1, 0.15) is 28.5 Å². The number of anilines is 2. The van der Waals surface area contributed by atoms with Gasteiger partial charge in [-0.1, -0.05) is 12.1 Å². The van der Waals surface area contributed by atoms with E-state index in [0.29, 0.717) is 11.3 Å². The molecular weight excluding hydrogens is 382 g/mol. The minimum atomic E-state index is -0.917. The Balaban J connectivity index is 2.05. The quantitative estimate of drug-likeness (QED) is 0.492. The molecule has 4 rings (SSSR count). The monoisotopic (exact) mass is 396 g/mol. The number of hydrogen-bond donors (Lipinski definition) is 3. The van der Waals surface area contributed by atoms with E-state index in [0.717, 1.165) is 16.7 Å². The van der Waals surface area contributed by atoms with Gasteiger partial charge in [-0.25, -0.2) is 13.8 Å². The summed E-state index contributed by atoms with van der Waals surface area (Å²) in [6.07, 6.45) is 1.25. The summed E-state index contributed by atoms with van der Waals surface area (Å²) >= 11 is 0. The maximum absolute atomic E-state index is 14.4. The normalized spacial score (nSPS) is 11.0. The lowest BCUT2D eigenvalue weighted by atomic mass is 10.1. The Bertz CT molecular complexity index is 1310. The highest BCUT2D eigenvalue weighted by Gasteiger charge is 2.20. The zero-order valence-electron chi connectivity index (χ0n) is 15.0. The number of rotatable bonds is 3. The van der Waals surface area contributed by atoms with Crippen LogP contribution in [0, 0.1) is 11.6 Å². The molecule has 29 heavy (non-hydrogen) atoms. The molecule has 0 aliphatic heterocycles. The van der Waals surface area contributed by atoms with Gasteiger partial charge < -0.3 is 11.1 Å². The summed E-state index contributed by atoms with van der Waals surface area (Å²) in [7, 11) is 0. The number of nitrogens with zero attached hydrogens (tertiary/aromatic N) is 3. The molecule has 1 aromatic carbocycles. The number of amides is 1. The van der Waals surface area contributed by atoms with Gasteiger partial charge in [0, 0.05) is 18.7 Å². The molecule has 0 spiro atoms. The Morgan fingerprint density at radius 3 is 2.55 bits per heavy atom. The minimum absolute atomic E-state index is 0.0307. The molecule has 0 fully saturated rings. The lowest BCUT2D eigenvalue weighted by Crippen LogP contribution is -2.21. The lowest BCUT2D eigenvalue weighted by molar-refractivity contribution is -0.114. The van der Waals surface area contributed by atoms with Gasteiger partial charge >= 0.3 is 0 Å². The molecule has 0 saturated carbocycles. The number of aromatic nitrogens is 4. The summed E-state index contributed by atoms with van der Waals surface area (Å²) in [4.78, 5) is 28.6. The molecule has 0 unspecified atom stereocenters. The first kappa shape index (κ1) is 18.3. The predicted octanol–water partition coefficient (Wildman–Crippen LogP) is 2.59. The highest BCUT2D eigenvalue weighted by Crippen LogP contribution is 2.29. The smallest absolute Gasteiger partial charge is 0.268 e. The molecule has 0 aliphatic rings. The zero-order valence-corrected chi connectivity index (χ0v) is 15.0. The molecule has 1 amide bonds. The second-order valence-electron chi connectivity index (χ2n) is 6.24.